The van der Waals surface area contributed by atoms with Crippen molar-refractivity contribution in [1.29, 1.82) is 0 Å². The van der Waals surface area contributed by atoms with Crippen molar-refractivity contribution < 1.29 is 25.9 Å². The van der Waals surface area contributed by atoms with Gasteiger partial charge in [0.1, 0.15) is 23.9 Å². The minimum atomic E-state index is -2.06. The minimum absolute atomic E-state index is 0.0855. The van der Waals surface area contributed by atoms with Crippen molar-refractivity contribution in [2.45, 2.75) is 25.9 Å². The van der Waals surface area contributed by atoms with E-state index in [9.17, 15) is 9.18 Å². The molecule has 9 heteroatoms. The summed E-state index contributed by atoms with van der Waals surface area (Å²) in [6.07, 6.45) is 0.224. The van der Waals surface area contributed by atoms with Crippen molar-refractivity contribution in [3.63, 3.8) is 0 Å². The number of hydrogen-bond acceptors (Lipinski definition) is 7. The fraction of sp³-hybridized carbons (Fsp3) is 0.286. The zero-order chi connectivity index (χ0) is 22.5. The number of nitrogens with one attached hydrogen (secondary N) is 1. The van der Waals surface area contributed by atoms with Crippen LogP contribution in [-0.2, 0) is 17.7 Å². The second-order valence-corrected chi connectivity index (χ2v) is 7.05. The lowest BCUT2D eigenvalue weighted by molar-refractivity contribution is -0.118. The number of anilines is 2. The van der Waals surface area contributed by atoms with Crippen LogP contribution in [0.3, 0.4) is 0 Å². The predicted octanol–water partition coefficient (Wildman–Crippen LogP) is 2.86. The standard InChI is InChI=1S/C21H19FN4O4/c1-12-23-21(30-25-12)8-15-10-28-19-7-14(22)3-4-17(19)26(15)9-13-2-5-18-16(6-13)24-20(27)11-29-18/h2-7,15H,8-11H2,1H3,(H,24,27)/t15-/m1/s1/i9D2. The van der Waals surface area contributed by atoms with Crippen LogP contribution < -0.4 is 19.7 Å². The number of rotatable bonds is 4. The number of carbonyl (C=O) groups excluding carboxylic acids is 1. The molecule has 0 aliphatic carbocycles. The smallest absolute Gasteiger partial charge is 0.262 e. The van der Waals surface area contributed by atoms with Crippen LogP contribution in [-0.4, -0.2) is 35.3 Å². The molecule has 1 amide bonds. The van der Waals surface area contributed by atoms with E-state index in [0.29, 0.717) is 28.8 Å². The third kappa shape index (κ3) is 3.54. The van der Waals surface area contributed by atoms with E-state index in [2.05, 4.69) is 15.5 Å². The molecular formula is C21H19FN4O4. The van der Waals surface area contributed by atoms with Gasteiger partial charge in [0.05, 0.1) is 26.6 Å². The Bertz CT molecular complexity index is 1200. The van der Waals surface area contributed by atoms with Gasteiger partial charge < -0.3 is 24.2 Å². The normalized spacial score (nSPS) is 18.9. The molecule has 2 aliphatic heterocycles. The molecule has 0 fully saturated rings. The van der Waals surface area contributed by atoms with E-state index in [4.69, 9.17) is 16.7 Å². The first-order valence-electron chi connectivity index (χ1n) is 10.4. The first kappa shape index (κ1) is 16.2. The van der Waals surface area contributed by atoms with Crippen LogP contribution >= 0.6 is 0 Å². The van der Waals surface area contributed by atoms with E-state index in [-0.39, 0.29) is 36.9 Å². The van der Waals surface area contributed by atoms with E-state index < -0.39 is 18.4 Å². The Morgan fingerprint density at radius 1 is 1.27 bits per heavy atom. The van der Waals surface area contributed by atoms with Crippen LogP contribution in [0.1, 0.15) is 20.0 Å². The maximum absolute atomic E-state index is 13.8. The lowest BCUT2D eigenvalue weighted by Gasteiger charge is -2.38. The van der Waals surface area contributed by atoms with Crippen molar-refractivity contribution in [2.24, 2.45) is 0 Å². The molecule has 2 aromatic carbocycles. The average Bonchev–Trinajstić information content (AvgIpc) is 3.17. The molecule has 30 heavy (non-hydrogen) atoms. The molecule has 3 aromatic rings. The summed E-state index contributed by atoms with van der Waals surface area (Å²) in [5.41, 5.74) is 1.06. The maximum Gasteiger partial charge on any atom is 0.262 e. The van der Waals surface area contributed by atoms with Crippen LogP contribution in [0.2, 0.25) is 0 Å². The number of fused-ring (bicyclic) bond motifs is 2. The van der Waals surface area contributed by atoms with E-state index in [1.54, 1.807) is 25.1 Å². The monoisotopic (exact) mass is 412 g/mol. The molecule has 0 unspecified atom stereocenters. The number of carbonyl (C=O) groups is 1. The van der Waals surface area contributed by atoms with Gasteiger partial charge in [-0.25, -0.2) is 4.39 Å². The number of aromatic nitrogens is 2. The van der Waals surface area contributed by atoms with Crippen LogP contribution in [0.5, 0.6) is 11.5 Å². The summed E-state index contributed by atoms with van der Waals surface area (Å²) in [4.78, 5) is 17.5. The van der Waals surface area contributed by atoms with Gasteiger partial charge in [0.2, 0.25) is 5.89 Å². The van der Waals surface area contributed by atoms with Gasteiger partial charge in [-0.15, -0.1) is 0 Å². The van der Waals surface area contributed by atoms with E-state index >= 15 is 0 Å². The highest BCUT2D eigenvalue weighted by atomic mass is 19.1. The number of benzene rings is 2. The van der Waals surface area contributed by atoms with Gasteiger partial charge in [-0.2, -0.15) is 4.98 Å². The highest BCUT2D eigenvalue weighted by molar-refractivity contribution is 5.95. The van der Waals surface area contributed by atoms with Crippen molar-refractivity contribution in [3.05, 3.63) is 59.5 Å². The number of nitrogens with zero attached hydrogens (tertiary/aromatic N) is 3. The van der Waals surface area contributed by atoms with E-state index in [0.717, 1.165) is 0 Å². The lowest BCUT2D eigenvalue weighted by atomic mass is 10.1. The summed E-state index contributed by atoms with van der Waals surface area (Å²) in [5, 5.41) is 6.49. The van der Waals surface area contributed by atoms with Gasteiger partial charge in [0, 0.05) is 12.6 Å². The van der Waals surface area contributed by atoms with Gasteiger partial charge in [0.25, 0.3) is 5.91 Å². The number of hydrogen-bond donors (Lipinski definition) is 1. The minimum Gasteiger partial charge on any atom is -0.489 e. The molecule has 1 N–H and O–H groups in total. The van der Waals surface area contributed by atoms with Crippen LogP contribution in [0.25, 0.3) is 0 Å². The Balaban J connectivity index is 1.57. The topological polar surface area (TPSA) is 89.7 Å². The molecule has 1 aromatic heterocycles. The summed E-state index contributed by atoms with van der Waals surface area (Å²) in [6, 6.07) is 8.20. The molecular weight excluding hydrogens is 391 g/mol. The van der Waals surface area contributed by atoms with E-state index in [1.165, 1.54) is 23.1 Å². The van der Waals surface area contributed by atoms with Gasteiger partial charge >= 0.3 is 0 Å². The fourth-order valence-electron chi connectivity index (χ4n) is 3.48. The Hall–Kier alpha value is -3.62. The van der Waals surface area contributed by atoms with Crippen LogP contribution in [0.15, 0.2) is 40.9 Å². The van der Waals surface area contributed by atoms with E-state index in [1.807, 2.05) is 0 Å². The molecule has 154 valence electrons. The lowest BCUT2D eigenvalue weighted by Crippen LogP contribution is -2.44. The fourth-order valence-corrected chi connectivity index (χ4v) is 3.48. The molecule has 2 aliphatic rings. The molecule has 3 heterocycles. The molecule has 0 saturated heterocycles. The Labute approximate surface area is 174 Å². The summed E-state index contributed by atoms with van der Waals surface area (Å²) >= 11 is 0. The summed E-state index contributed by atoms with van der Waals surface area (Å²) in [7, 11) is 0. The maximum atomic E-state index is 13.8. The number of ether oxygens (including phenoxy) is 2. The largest absolute Gasteiger partial charge is 0.489 e. The third-order valence-electron chi connectivity index (χ3n) is 4.82. The van der Waals surface area contributed by atoms with Crippen molar-refractivity contribution in [2.75, 3.05) is 23.4 Å². The molecule has 0 radical (unpaired) electrons. The second kappa shape index (κ2) is 7.33. The summed E-state index contributed by atoms with van der Waals surface area (Å²) < 4.78 is 48.3. The Kier molecular flexibility index (Phi) is 3.96. The van der Waals surface area contributed by atoms with Gasteiger partial charge in [-0.05, 0) is 36.8 Å². The van der Waals surface area contributed by atoms with Gasteiger partial charge in [0.15, 0.2) is 12.4 Å². The number of aryl methyl sites for hydroxylation is 1. The van der Waals surface area contributed by atoms with Crippen LogP contribution in [0.4, 0.5) is 15.8 Å². The van der Waals surface area contributed by atoms with Gasteiger partial charge in [-0.3, -0.25) is 4.79 Å². The predicted molar refractivity (Wildman–Crippen MR) is 105 cm³/mol. The van der Waals surface area contributed by atoms with Crippen molar-refractivity contribution in [1.82, 2.24) is 10.1 Å². The van der Waals surface area contributed by atoms with Crippen molar-refractivity contribution >= 4 is 17.3 Å². The second-order valence-electron chi connectivity index (χ2n) is 7.05. The molecule has 0 bridgehead atoms. The SMILES string of the molecule is [2H]C([2H])(c1ccc2c(c1)NC(=O)CO2)N1c2ccc(F)cc2OC[C@H]1Cc1nc(C)no1. The molecule has 0 saturated carbocycles. The summed E-state index contributed by atoms with van der Waals surface area (Å²) in [6.45, 7) is -0.369. The quantitative estimate of drug-likeness (QED) is 0.705. The molecule has 0 spiro atoms. The average molecular weight is 412 g/mol. The van der Waals surface area contributed by atoms with Gasteiger partial charge in [-0.1, -0.05) is 11.2 Å². The first-order chi connectivity index (χ1) is 15.3. The molecule has 1 atom stereocenters. The zero-order valence-corrected chi connectivity index (χ0v) is 16.0. The molecule has 8 nitrogen and oxygen atoms in total. The first-order valence-corrected chi connectivity index (χ1v) is 9.39. The Morgan fingerprint density at radius 2 is 2.17 bits per heavy atom. The zero-order valence-electron chi connectivity index (χ0n) is 18.0. The Morgan fingerprint density at radius 3 is 3.00 bits per heavy atom. The highest BCUT2D eigenvalue weighted by Gasteiger charge is 2.30. The number of amides is 1. The molecule has 5 rings (SSSR count). The van der Waals surface area contributed by atoms with Crippen LogP contribution in [0, 0.1) is 12.7 Å². The van der Waals surface area contributed by atoms with Crippen molar-refractivity contribution in [3.8, 4) is 11.5 Å². The highest BCUT2D eigenvalue weighted by Crippen LogP contribution is 2.37. The number of halogens is 1. The summed E-state index contributed by atoms with van der Waals surface area (Å²) in [5.74, 6) is 0.719. The third-order valence-corrected chi connectivity index (χ3v) is 4.82.